The molecule has 1 aliphatic heterocycles. The van der Waals surface area contributed by atoms with Crippen molar-refractivity contribution >= 4 is 32.5 Å². The summed E-state index contributed by atoms with van der Waals surface area (Å²) in [6, 6.07) is 22.6. The van der Waals surface area contributed by atoms with Crippen molar-refractivity contribution in [3.8, 4) is 0 Å². The molecule has 36 heavy (non-hydrogen) atoms. The molecule has 5 heteroatoms. The quantitative estimate of drug-likeness (QED) is 0.389. The first kappa shape index (κ1) is 26.2. The van der Waals surface area contributed by atoms with Gasteiger partial charge in [0.25, 0.3) is 0 Å². The average Bonchev–Trinajstić information content (AvgIpc) is 3.37. The second kappa shape index (κ2) is 12.9. The molecule has 1 N–H and O–H groups in total. The van der Waals surface area contributed by atoms with Gasteiger partial charge < -0.3 is 10.2 Å². The van der Waals surface area contributed by atoms with Gasteiger partial charge in [0, 0.05) is 19.6 Å². The average molecular weight is 523 g/mol. The zero-order valence-electron chi connectivity index (χ0n) is 22.0. The van der Waals surface area contributed by atoms with Crippen molar-refractivity contribution in [1.29, 1.82) is 0 Å². The van der Waals surface area contributed by atoms with Crippen LogP contribution in [0.5, 0.6) is 0 Å². The molecule has 2 amide bonds. The maximum atomic E-state index is 13.2. The number of rotatable bonds is 7. The highest BCUT2D eigenvalue weighted by molar-refractivity contribution is 7.73. The van der Waals surface area contributed by atoms with E-state index in [-0.39, 0.29) is 14.0 Å². The Morgan fingerprint density at radius 3 is 1.75 bits per heavy atom. The molecule has 1 saturated heterocycles. The summed E-state index contributed by atoms with van der Waals surface area (Å²) in [6.07, 6.45) is 16.7. The predicted molar refractivity (Wildman–Crippen MR) is 158 cm³/mol. The van der Waals surface area contributed by atoms with Gasteiger partial charge in [-0.05, 0) is 73.8 Å². The van der Waals surface area contributed by atoms with E-state index in [0.29, 0.717) is 6.04 Å². The molecule has 5 rings (SSSR count). The summed E-state index contributed by atoms with van der Waals surface area (Å²) in [7, 11) is 1.29. The minimum Gasteiger partial charge on any atom is -0.341 e. The van der Waals surface area contributed by atoms with Gasteiger partial charge in [-0.15, -0.1) is 0 Å². The van der Waals surface area contributed by atoms with Crippen molar-refractivity contribution in [1.82, 2.24) is 10.2 Å². The monoisotopic (exact) mass is 522 g/mol. The van der Waals surface area contributed by atoms with Gasteiger partial charge in [0.1, 0.15) is 0 Å². The number of likely N-dealkylation sites (tertiary alicyclic amines) is 1. The summed E-state index contributed by atoms with van der Waals surface area (Å²) in [4.78, 5) is 15.5. The van der Waals surface area contributed by atoms with Gasteiger partial charge >= 0.3 is 6.03 Å². The van der Waals surface area contributed by atoms with Gasteiger partial charge in [0.15, 0.2) is 0 Å². The Morgan fingerprint density at radius 2 is 1.28 bits per heavy atom. The summed E-state index contributed by atoms with van der Waals surface area (Å²) in [5.74, 6) is 0. The Labute approximate surface area is 221 Å². The Bertz CT molecular complexity index is 886. The van der Waals surface area contributed by atoms with E-state index < -0.39 is 7.92 Å². The number of benzene rings is 2. The highest BCUT2D eigenvalue weighted by atomic mass is 31.1. The van der Waals surface area contributed by atoms with Gasteiger partial charge in [-0.1, -0.05) is 107 Å². The van der Waals surface area contributed by atoms with Crippen molar-refractivity contribution in [2.24, 2.45) is 0 Å². The minimum atomic E-state index is -0.500. The van der Waals surface area contributed by atoms with Crippen LogP contribution in [0.4, 0.5) is 4.79 Å². The van der Waals surface area contributed by atoms with E-state index in [9.17, 15) is 4.79 Å². The summed E-state index contributed by atoms with van der Waals surface area (Å²) in [5, 5.41) is 5.87. The minimum absolute atomic E-state index is 0.0291. The standard InChI is InChI=1S/C31H44N2OP2/c1-32-31(34)33-23-30(36(28-18-10-4-11-19-28)29-20-12-5-13-21-29)22-25(33)24-35(26-14-6-2-7-15-26)27-16-8-3-9-17-27/h2-3,6-9,14-17,25,28-30H,4-5,10-13,18-24H2,1H3,(H,32,34)/t25-,30?/m1/s1. The largest absolute Gasteiger partial charge is 0.341 e. The number of carbonyl (C=O) groups is 1. The molecule has 194 valence electrons. The first-order valence-corrected chi connectivity index (χ1v) is 17.5. The molecule has 1 heterocycles. The third kappa shape index (κ3) is 6.16. The number of urea groups is 1. The zero-order chi connectivity index (χ0) is 24.7. The SMILES string of the molecule is CNC(=O)N1CC(P(C2CCCCC2)C2CCCCC2)C[C@@H]1CP(c1ccccc1)c1ccccc1. The normalized spacial score (nSPS) is 23.9. The molecule has 2 saturated carbocycles. The zero-order valence-corrected chi connectivity index (χ0v) is 23.8. The van der Waals surface area contributed by atoms with Crippen LogP contribution in [-0.2, 0) is 0 Å². The van der Waals surface area contributed by atoms with Crippen molar-refractivity contribution < 1.29 is 4.79 Å². The van der Waals surface area contributed by atoms with E-state index in [2.05, 4.69) is 70.9 Å². The lowest BCUT2D eigenvalue weighted by Crippen LogP contribution is -2.43. The van der Waals surface area contributed by atoms with E-state index >= 15 is 0 Å². The van der Waals surface area contributed by atoms with Crippen LogP contribution in [0.1, 0.15) is 70.6 Å². The van der Waals surface area contributed by atoms with Crippen LogP contribution in [-0.4, -0.2) is 53.7 Å². The second-order valence-corrected chi connectivity index (χ2v) is 16.4. The fraction of sp³-hybridized carbons (Fsp3) is 0.581. The molecule has 0 spiro atoms. The Balaban J connectivity index is 1.42. The molecule has 3 aliphatic rings. The van der Waals surface area contributed by atoms with Gasteiger partial charge in [-0.2, -0.15) is 0 Å². The topological polar surface area (TPSA) is 32.3 Å². The van der Waals surface area contributed by atoms with Crippen LogP contribution >= 0.6 is 15.8 Å². The van der Waals surface area contributed by atoms with Crippen molar-refractivity contribution in [2.75, 3.05) is 19.8 Å². The lowest BCUT2D eigenvalue weighted by Gasteiger charge is -2.42. The molecular formula is C31H44N2OP2. The highest BCUT2D eigenvalue weighted by Crippen LogP contribution is 2.61. The lowest BCUT2D eigenvalue weighted by atomic mass is 9.99. The van der Waals surface area contributed by atoms with Crippen molar-refractivity contribution in [3.05, 3.63) is 60.7 Å². The molecule has 2 aromatic rings. The van der Waals surface area contributed by atoms with Crippen LogP contribution in [0.25, 0.3) is 0 Å². The van der Waals surface area contributed by atoms with E-state index in [1.165, 1.54) is 81.2 Å². The van der Waals surface area contributed by atoms with E-state index in [1.807, 2.05) is 7.05 Å². The Hall–Kier alpha value is -1.43. The lowest BCUT2D eigenvalue weighted by molar-refractivity contribution is 0.199. The smallest absolute Gasteiger partial charge is 0.317 e. The van der Waals surface area contributed by atoms with Gasteiger partial charge in [-0.3, -0.25) is 0 Å². The number of nitrogens with one attached hydrogen (secondary N) is 1. The second-order valence-electron chi connectivity index (χ2n) is 11.1. The van der Waals surface area contributed by atoms with Gasteiger partial charge in [-0.25, -0.2) is 4.79 Å². The van der Waals surface area contributed by atoms with Crippen molar-refractivity contribution in [3.63, 3.8) is 0 Å². The Morgan fingerprint density at radius 1 is 0.778 bits per heavy atom. The summed E-state index contributed by atoms with van der Waals surface area (Å²) >= 11 is 0. The maximum absolute atomic E-state index is 13.2. The van der Waals surface area contributed by atoms with E-state index in [1.54, 1.807) is 0 Å². The molecule has 3 fully saturated rings. The van der Waals surface area contributed by atoms with E-state index in [4.69, 9.17) is 0 Å². The third-order valence-corrected chi connectivity index (χ3v) is 15.4. The summed E-state index contributed by atoms with van der Waals surface area (Å²) < 4.78 is 0. The highest BCUT2D eigenvalue weighted by Gasteiger charge is 2.44. The molecule has 2 atom stereocenters. The molecular weight excluding hydrogens is 478 g/mol. The fourth-order valence-corrected chi connectivity index (χ4v) is 14.2. The number of hydrogen-bond donors (Lipinski definition) is 1. The molecule has 1 unspecified atom stereocenters. The van der Waals surface area contributed by atoms with Crippen molar-refractivity contribution in [2.45, 2.75) is 93.6 Å². The predicted octanol–water partition coefficient (Wildman–Crippen LogP) is 7.05. The van der Waals surface area contributed by atoms with Crippen LogP contribution in [0, 0.1) is 0 Å². The van der Waals surface area contributed by atoms with Gasteiger partial charge in [0.05, 0.1) is 0 Å². The number of carbonyl (C=O) groups excluding carboxylic acids is 1. The summed E-state index contributed by atoms with van der Waals surface area (Å²) in [5.41, 5.74) is 2.60. The molecule has 0 bridgehead atoms. The van der Waals surface area contributed by atoms with Crippen LogP contribution in [0.3, 0.4) is 0 Å². The third-order valence-electron chi connectivity index (χ3n) is 8.81. The van der Waals surface area contributed by atoms with E-state index in [0.717, 1.165) is 29.7 Å². The molecule has 3 nitrogen and oxygen atoms in total. The first-order valence-electron chi connectivity index (χ1n) is 14.4. The van der Waals surface area contributed by atoms with Crippen LogP contribution in [0.2, 0.25) is 0 Å². The van der Waals surface area contributed by atoms with Gasteiger partial charge in [0.2, 0.25) is 0 Å². The summed E-state index contributed by atoms with van der Waals surface area (Å²) in [6.45, 7) is 0.982. The number of amides is 2. The van der Waals surface area contributed by atoms with Crippen LogP contribution in [0.15, 0.2) is 60.7 Å². The molecule has 0 radical (unpaired) electrons. The first-order chi connectivity index (χ1) is 17.7. The molecule has 0 aromatic heterocycles. The number of hydrogen-bond acceptors (Lipinski definition) is 1. The molecule has 2 aromatic carbocycles. The number of nitrogens with zero attached hydrogens (tertiary/aromatic N) is 1. The maximum Gasteiger partial charge on any atom is 0.317 e. The molecule has 2 aliphatic carbocycles. The van der Waals surface area contributed by atoms with Crippen LogP contribution < -0.4 is 15.9 Å². The Kier molecular flexibility index (Phi) is 9.37. The fourth-order valence-electron chi connectivity index (χ4n) is 7.11.